The maximum atomic E-state index is 13.2. The van der Waals surface area contributed by atoms with Crippen LogP contribution in [0.2, 0.25) is 5.02 Å². The zero-order valence-electron chi connectivity index (χ0n) is 16.6. The van der Waals surface area contributed by atoms with Crippen LogP contribution in [0.25, 0.3) is 0 Å². The summed E-state index contributed by atoms with van der Waals surface area (Å²) < 4.78 is 62.9. The lowest BCUT2D eigenvalue weighted by atomic mass is 9.79. The topological polar surface area (TPSA) is 64.6 Å². The van der Waals surface area contributed by atoms with Crippen LogP contribution in [-0.2, 0) is 14.1 Å². The molecule has 3 atom stereocenters. The van der Waals surface area contributed by atoms with Gasteiger partial charge in [-0.15, -0.1) is 0 Å². The number of halogens is 4. The maximum absolute atomic E-state index is 13.2. The highest BCUT2D eigenvalue weighted by molar-refractivity contribution is 7.56. The monoisotopic (exact) mass is 455 g/mol. The fraction of sp³-hybridized carbons (Fsp3) is 0.632. The van der Waals surface area contributed by atoms with Crippen LogP contribution in [-0.4, -0.2) is 31.0 Å². The summed E-state index contributed by atoms with van der Waals surface area (Å²) in [6, 6.07) is 6.20. The summed E-state index contributed by atoms with van der Waals surface area (Å²) in [6.45, 7) is 3.87. The number of carbonyl (C=O) groups is 1. The van der Waals surface area contributed by atoms with Crippen molar-refractivity contribution in [3.63, 3.8) is 0 Å². The Morgan fingerprint density at radius 1 is 1.21 bits per heavy atom. The molecule has 1 fully saturated rings. The molecule has 3 unspecified atom stereocenters. The molecule has 0 spiro atoms. The maximum Gasteiger partial charge on any atom is 0.392 e. The van der Waals surface area contributed by atoms with E-state index in [0.29, 0.717) is 30.0 Å². The van der Waals surface area contributed by atoms with E-state index in [2.05, 4.69) is 5.09 Å². The molecule has 0 radical (unpaired) electrons. The highest BCUT2D eigenvalue weighted by Crippen LogP contribution is 2.43. The second-order valence-electron chi connectivity index (χ2n) is 7.92. The Morgan fingerprint density at radius 2 is 1.79 bits per heavy atom. The summed E-state index contributed by atoms with van der Waals surface area (Å²) in [5.74, 6) is -2.72. The Kier molecular flexibility index (Phi) is 7.68. The first-order valence-corrected chi connectivity index (χ1v) is 11.8. The fourth-order valence-corrected chi connectivity index (χ4v) is 5.28. The number of hydrogen-bond donors (Lipinski definition) is 1. The molecule has 1 N–H and O–H groups in total. The second kappa shape index (κ2) is 9.27. The average molecular weight is 456 g/mol. The van der Waals surface area contributed by atoms with Crippen molar-refractivity contribution in [2.24, 2.45) is 11.8 Å². The molecule has 1 aromatic carbocycles. The van der Waals surface area contributed by atoms with Gasteiger partial charge in [0.15, 0.2) is 0 Å². The molecule has 0 aromatic heterocycles. The molecular weight excluding hydrogens is 430 g/mol. The Labute approximate surface area is 173 Å². The van der Waals surface area contributed by atoms with Crippen molar-refractivity contribution in [3.05, 3.63) is 29.3 Å². The van der Waals surface area contributed by atoms with E-state index in [9.17, 15) is 22.5 Å². The predicted molar refractivity (Wildman–Crippen MR) is 105 cm³/mol. The van der Waals surface area contributed by atoms with Crippen LogP contribution in [0.1, 0.15) is 39.5 Å². The van der Waals surface area contributed by atoms with Crippen LogP contribution in [0.15, 0.2) is 24.3 Å². The number of ether oxygens (including phenoxy) is 1. The van der Waals surface area contributed by atoms with Crippen molar-refractivity contribution in [1.29, 1.82) is 0 Å². The van der Waals surface area contributed by atoms with Gasteiger partial charge in [-0.3, -0.25) is 9.36 Å². The molecule has 1 saturated carbocycles. The van der Waals surface area contributed by atoms with Crippen LogP contribution in [0.5, 0.6) is 5.75 Å². The third-order valence-corrected chi connectivity index (χ3v) is 6.62. The predicted octanol–water partition coefficient (Wildman–Crippen LogP) is 5.82. The van der Waals surface area contributed by atoms with Crippen LogP contribution < -0.4 is 9.61 Å². The average Bonchev–Trinajstić information content (AvgIpc) is 2.60. The molecule has 0 aliphatic heterocycles. The van der Waals surface area contributed by atoms with Gasteiger partial charge in [0.1, 0.15) is 11.3 Å². The first-order valence-electron chi connectivity index (χ1n) is 9.36. The lowest BCUT2D eigenvalue weighted by molar-refractivity contribution is -0.203. The lowest BCUT2D eigenvalue weighted by Crippen LogP contribution is -2.47. The van der Waals surface area contributed by atoms with Gasteiger partial charge in [0.2, 0.25) is 0 Å². The van der Waals surface area contributed by atoms with Crippen LogP contribution in [0.3, 0.4) is 0 Å². The van der Waals surface area contributed by atoms with E-state index < -0.39 is 37.0 Å². The Morgan fingerprint density at radius 3 is 2.38 bits per heavy atom. The van der Waals surface area contributed by atoms with E-state index in [1.165, 1.54) is 32.6 Å². The molecule has 2 rings (SSSR count). The van der Waals surface area contributed by atoms with Gasteiger partial charge in [0, 0.05) is 17.6 Å². The fourth-order valence-electron chi connectivity index (χ4n) is 3.47. The van der Waals surface area contributed by atoms with Crippen molar-refractivity contribution in [3.8, 4) is 5.75 Å². The van der Waals surface area contributed by atoms with Crippen molar-refractivity contribution < 1.29 is 31.8 Å². The zero-order valence-corrected chi connectivity index (χ0v) is 18.2. The van der Waals surface area contributed by atoms with Gasteiger partial charge >= 0.3 is 19.7 Å². The van der Waals surface area contributed by atoms with Gasteiger partial charge in [-0.05, 0) is 51.0 Å². The summed E-state index contributed by atoms with van der Waals surface area (Å²) >= 11 is 5.80. The van der Waals surface area contributed by atoms with Crippen LogP contribution >= 0.6 is 19.1 Å². The van der Waals surface area contributed by atoms with Crippen LogP contribution in [0, 0.1) is 11.8 Å². The van der Waals surface area contributed by atoms with Gasteiger partial charge in [0.05, 0.1) is 12.5 Å². The minimum Gasteiger partial charge on any atom is -0.464 e. The number of nitrogens with one attached hydrogen (secondary N) is 1. The van der Waals surface area contributed by atoms with E-state index in [0.717, 1.165) is 0 Å². The minimum absolute atomic E-state index is 0.0481. The molecule has 0 amide bonds. The number of carbonyl (C=O) groups excluding carboxylic acids is 1. The first kappa shape index (κ1) is 24.0. The molecule has 29 heavy (non-hydrogen) atoms. The molecule has 0 heterocycles. The first-order chi connectivity index (χ1) is 13.3. The smallest absolute Gasteiger partial charge is 0.392 e. The molecule has 164 valence electrons. The summed E-state index contributed by atoms with van der Waals surface area (Å²) in [5, 5.41) is 3.11. The molecule has 5 nitrogen and oxygen atoms in total. The van der Waals surface area contributed by atoms with Crippen LogP contribution in [0.4, 0.5) is 13.2 Å². The number of alkyl halides is 3. The quantitative estimate of drug-likeness (QED) is 0.414. The lowest BCUT2D eigenvalue weighted by Gasteiger charge is -2.34. The number of benzene rings is 1. The highest BCUT2D eigenvalue weighted by Gasteiger charge is 2.46. The van der Waals surface area contributed by atoms with E-state index in [-0.39, 0.29) is 13.0 Å². The standard InChI is InChI=1S/C19H26ClF3NO4P/c1-18(2,24-29(3,26)28-15-10-8-14(20)9-11-15)17(25)27-12-13-6-4-5-7-16(13)19(21,22)23/h8-11,13,16H,4-7,12H2,1-3H3,(H,24,26). The zero-order chi connectivity index (χ0) is 21.9. The summed E-state index contributed by atoms with van der Waals surface area (Å²) in [7, 11) is -3.47. The Bertz CT molecular complexity index is 755. The van der Waals surface area contributed by atoms with Crippen molar-refractivity contribution in [1.82, 2.24) is 5.09 Å². The number of esters is 1. The van der Waals surface area contributed by atoms with Crippen molar-refractivity contribution >= 4 is 25.1 Å². The molecule has 10 heteroatoms. The SMILES string of the molecule is CC(C)(NP(C)(=O)Oc1ccc(Cl)cc1)C(=O)OCC1CCCCC1C(F)(F)F. The van der Waals surface area contributed by atoms with Gasteiger partial charge in [0.25, 0.3) is 0 Å². The molecule has 0 saturated heterocycles. The van der Waals surface area contributed by atoms with E-state index >= 15 is 0 Å². The van der Waals surface area contributed by atoms with Gasteiger partial charge in [-0.2, -0.15) is 13.2 Å². The normalized spacial score (nSPS) is 22.6. The molecule has 1 aliphatic carbocycles. The largest absolute Gasteiger partial charge is 0.464 e. The Balaban J connectivity index is 1.96. The third kappa shape index (κ3) is 7.19. The second-order valence-corrected chi connectivity index (χ2v) is 10.5. The molecular formula is C19H26ClF3NO4P. The number of hydrogen-bond acceptors (Lipinski definition) is 4. The van der Waals surface area contributed by atoms with Gasteiger partial charge < -0.3 is 9.26 Å². The summed E-state index contributed by atoms with van der Waals surface area (Å²) in [6.07, 6.45) is -2.71. The molecule has 0 bridgehead atoms. The van der Waals surface area contributed by atoms with Gasteiger partial charge in [-0.25, -0.2) is 5.09 Å². The van der Waals surface area contributed by atoms with Gasteiger partial charge in [-0.1, -0.05) is 24.4 Å². The highest BCUT2D eigenvalue weighted by atomic mass is 35.5. The number of rotatable bonds is 7. The summed E-state index contributed by atoms with van der Waals surface area (Å²) in [4.78, 5) is 12.5. The molecule has 1 aliphatic rings. The van der Waals surface area contributed by atoms with E-state index in [1.54, 1.807) is 12.1 Å². The van der Waals surface area contributed by atoms with Crippen molar-refractivity contribution in [2.75, 3.05) is 13.3 Å². The van der Waals surface area contributed by atoms with Crippen molar-refractivity contribution in [2.45, 2.75) is 51.2 Å². The molecule has 1 aromatic rings. The van der Waals surface area contributed by atoms with E-state index in [4.69, 9.17) is 20.9 Å². The Hall–Kier alpha value is -1.24. The minimum atomic E-state index is -4.31. The third-order valence-electron chi connectivity index (χ3n) is 4.84. The van der Waals surface area contributed by atoms with E-state index in [1.807, 2.05) is 0 Å². The summed E-state index contributed by atoms with van der Waals surface area (Å²) in [5.41, 5.74) is -1.42.